The van der Waals surface area contributed by atoms with Gasteiger partial charge in [-0.1, -0.05) is 5.57 Å². The smallest absolute Gasteiger partial charge is 0.117 e. The summed E-state index contributed by atoms with van der Waals surface area (Å²) in [5.74, 6) is 0.210. The van der Waals surface area contributed by atoms with Gasteiger partial charge in [-0.25, -0.2) is 0 Å². The predicted molar refractivity (Wildman–Crippen MR) is 56.9 cm³/mol. The minimum Gasteiger partial charge on any atom is -0.393 e. The van der Waals surface area contributed by atoms with E-state index in [1.807, 2.05) is 20.9 Å². The van der Waals surface area contributed by atoms with Crippen LogP contribution in [0, 0.1) is 5.92 Å². The molecular formula is C11H21NO2. The third kappa shape index (κ3) is 2.00. The summed E-state index contributed by atoms with van der Waals surface area (Å²) in [6.45, 7) is 7.76. The van der Waals surface area contributed by atoms with E-state index >= 15 is 0 Å². The summed E-state index contributed by atoms with van der Waals surface area (Å²) in [6, 6.07) is 0.373. The van der Waals surface area contributed by atoms with Crippen LogP contribution < -0.4 is 0 Å². The van der Waals surface area contributed by atoms with Gasteiger partial charge < -0.3 is 9.84 Å². The molecule has 4 atom stereocenters. The summed E-state index contributed by atoms with van der Waals surface area (Å²) in [5, 5.41) is 9.64. The second-order valence-electron chi connectivity index (χ2n) is 4.34. The first-order chi connectivity index (χ1) is 6.49. The van der Waals surface area contributed by atoms with Gasteiger partial charge in [0, 0.05) is 19.1 Å². The summed E-state index contributed by atoms with van der Waals surface area (Å²) in [6.07, 6.45) is 0.672. The van der Waals surface area contributed by atoms with E-state index in [2.05, 4.69) is 11.5 Å². The second-order valence-corrected chi connectivity index (χ2v) is 4.34. The van der Waals surface area contributed by atoms with E-state index in [0.717, 1.165) is 12.0 Å². The van der Waals surface area contributed by atoms with Crippen molar-refractivity contribution in [3.63, 3.8) is 0 Å². The fourth-order valence-corrected chi connectivity index (χ4v) is 2.34. The molecule has 1 aliphatic rings. The molecule has 1 rings (SSSR count). The van der Waals surface area contributed by atoms with Crippen LogP contribution in [0.4, 0.5) is 0 Å². The molecule has 0 spiro atoms. The van der Waals surface area contributed by atoms with E-state index < -0.39 is 0 Å². The summed E-state index contributed by atoms with van der Waals surface area (Å²) in [4.78, 5) is 2.16. The molecular weight excluding hydrogens is 178 g/mol. The van der Waals surface area contributed by atoms with Gasteiger partial charge in [0.15, 0.2) is 0 Å². The number of aliphatic hydroxyl groups excluding tert-OH is 1. The van der Waals surface area contributed by atoms with Gasteiger partial charge in [-0.3, -0.25) is 4.90 Å². The van der Waals surface area contributed by atoms with Gasteiger partial charge in [-0.15, -0.1) is 6.58 Å². The van der Waals surface area contributed by atoms with Crippen LogP contribution in [0.25, 0.3) is 0 Å². The van der Waals surface area contributed by atoms with Gasteiger partial charge in [0.25, 0.3) is 0 Å². The Bertz CT molecular complexity index is 215. The maximum Gasteiger partial charge on any atom is 0.117 e. The van der Waals surface area contributed by atoms with Crippen molar-refractivity contribution < 1.29 is 9.84 Å². The lowest BCUT2D eigenvalue weighted by atomic mass is 9.79. The van der Waals surface area contributed by atoms with Crippen molar-refractivity contribution in [2.75, 3.05) is 14.2 Å². The Morgan fingerprint density at radius 1 is 1.64 bits per heavy atom. The predicted octanol–water partition coefficient (Wildman–Crippen LogP) is 1.24. The van der Waals surface area contributed by atoms with Crippen LogP contribution in [-0.4, -0.2) is 42.5 Å². The Hall–Kier alpha value is -0.380. The van der Waals surface area contributed by atoms with Crippen LogP contribution in [0.2, 0.25) is 0 Å². The fraction of sp³-hybridized carbons (Fsp3) is 0.818. The SMILES string of the molecule is C=C(C)CC1C([C@H](C)O)C(OC)N1C. The van der Waals surface area contributed by atoms with E-state index in [1.165, 1.54) is 0 Å². The largest absolute Gasteiger partial charge is 0.393 e. The lowest BCUT2D eigenvalue weighted by molar-refractivity contribution is -0.206. The van der Waals surface area contributed by atoms with Crippen LogP contribution in [0.3, 0.4) is 0 Å². The number of nitrogens with zero attached hydrogens (tertiary/aromatic N) is 1. The number of methoxy groups -OCH3 is 1. The van der Waals surface area contributed by atoms with E-state index in [1.54, 1.807) is 7.11 Å². The van der Waals surface area contributed by atoms with Gasteiger partial charge in [0.05, 0.1) is 6.10 Å². The number of ether oxygens (including phenoxy) is 1. The van der Waals surface area contributed by atoms with Crippen LogP contribution in [0.15, 0.2) is 12.2 Å². The maximum atomic E-state index is 9.64. The first-order valence-corrected chi connectivity index (χ1v) is 5.06. The monoisotopic (exact) mass is 199 g/mol. The molecule has 3 nitrogen and oxygen atoms in total. The molecule has 1 saturated heterocycles. The molecule has 0 saturated carbocycles. The Morgan fingerprint density at radius 3 is 2.57 bits per heavy atom. The van der Waals surface area contributed by atoms with Gasteiger partial charge in [0.1, 0.15) is 6.23 Å². The normalized spacial score (nSPS) is 35.1. The molecule has 1 aliphatic heterocycles. The molecule has 0 radical (unpaired) electrons. The van der Waals surface area contributed by atoms with Crippen LogP contribution in [0.5, 0.6) is 0 Å². The van der Waals surface area contributed by atoms with Crippen molar-refractivity contribution in [2.24, 2.45) is 5.92 Å². The maximum absolute atomic E-state index is 9.64. The zero-order valence-electron chi connectivity index (χ0n) is 9.53. The molecule has 0 aliphatic carbocycles. The van der Waals surface area contributed by atoms with Gasteiger partial charge in [-0.05, 0) is 27.3 Å². The molecule has 1 N–H and O–H groups in total. The van der Waals surface area contributed by atoms with Gasteiger partial charge in [0.2, 0.25) is 0 Å². The van der Waals surface area contributed by atoms with Crippen molar-refractivity contribution in [3.05, 3.63) is 12.2 Å². The van der Waals surface area contributed by atoms with Crippen molar-refractivity contribution >= 4 is 0 Å². The topological polar surface area (TPSA) is 32.7 Å². The second kappa shape index (κ2) is 4.43. The highest BCUT2D eigenvalue weighted by atomic mass is 16.5. The van der Waals surface area contributed by atoms with Crippen molar-refractivity contribution in [3.8, 4) is 0 Å². The molecule has 1 fully saturated rings. The summed E-state index contributed by atoms with van der Waals surface area (Å²) in [7, 11) is 3.72. The molecule has 0 aromatic heterocycles. The number of rotatable bonds is 4. The third-order valence-electron chi connectivity index (χ3n) is 3.05. The minimum absolute atomic E-state index is 0.0550. The summed E-state index contributed by atoms with van der Waals surface area (Å²) >= 11 is 0. The molecule has 0 aromatic carbocycles. The molecule has 14 heavy (non-hydrogen) atoms. The van der Waals surface area contributed by atoms with Crippen LogP contribution >= 0.6 is 0 Å². The minimum atomic E-state index is -0.319. The average Bonchev–Trinajstić information content (AvgIpc) is 2.08. The molecule has 1 heterocycles. The standard InChI is InChI=1S/C11H21NO2/c1-7(2)6-9-10(8(3)13)11(14-5)12(9)4/h8-11,13H,1,6H2,2-5H3/t8-,9?,10?,11?/m0/s1. The quantitative estimate of drug-likeness (QED) is 0.691. The van der Waals surface area contributed by atoms with Crippen LogP contribution in [-0.2, 0) is 4.74 Å². The Labute approximate surface area is 86.4 Å². The Balaban J connectivity index is 2.62. The molecule has 0 bridgehead atoms. The lowest BCUT2D eigenvalue weighted by Crippen LogP contribution is -2.65. The van der Waals surface area contributed by atoms with E-state index in [9.17, 15) is 5.11 Å². The van der Waals surface area contributed by atoms with E-state index in [0.29, 0.717) is 6.04 Å². The summed E-state index contributed by atoms with van der Waals surface area (Å²) in [5.41, 5.74) is 1.15. The molecule has 3 unspecified atom stereocenters. The van der Waals surface area contributed by atoms with Crippen molar-refractivity contribution in [1.29, 1.82) is 0 Å². The van der Waals surface area contributed by atoms with E-state index in [4.69, 9.17) is 4.74 Å². The molecule has 0 amide bonds. The fourth-order valence-electron chi connectivity index (χ4n) is 2.34. The molecule has 0 aromatic rings. The Morgan fingerprint density at radius 2 is 2.21 bits per heavy atom. The first kappa shape index (κ1) is 11.7. The number of aliphatic hydroxyl groups is 1. The third-order valence-corrected chi connectivity index (χ3v) is 3.05. The van der Waals surface area contributed by atoms with Gasteiger partial charge >= 0.3 is 0 Å². The zero-order valence-corrected chi connectivity index (χ0v) is 9.53. The average molecular weight is 199 g/mol. The van der Waals surface area contributed by atoms with Crippen molar-refractivity contribution in [1.82, 2.24) is 4.90 Å². The first-order valence-electron chi connectivity index (χ1n) is 5.06. The molecule has 3 heteroatoms. The van der Waals surface area contributed by atoms with Gasteiger partial charge in [-0.2, -0.15) is 0 Å². The van der Waals surface area contributed by atoms with Crippen LogP contribution in [0.1, 0.15) is 20.3 Å². The zero-order chi connectivity index (χ0) is 10.9. The number of hydrogen-bond acceptors (Lipinski definition) is 3. The number of likely N-dealkylation sites (tertiary alicyclic amines) is 1. The van der Waals surface area contributed by atoms with E-state index in [-0.39, 0.29) is 18.2 Å². The Kier molecular flexibility index (Phi) is 3.70. The highest BCUT2D eigenvalue weighted by molar-refractivity contribution is 5.04. The summed E-state index contributed by atoms with van der Waals surface area (Å²) < 4.78 is 5.32. The van der Waals surface area contributed by atoms with Crippen molar-refractivity contribution in [2.45, 2.75) is 38.6 Å². The number of hydrogen-bond donors (Lipinski definition) is 1. The highest BCUT2D eigenvalue weighted by Crippen LogP contribution is 2.37. The molecule has 82 valence electrons. The highest BCUT2D eigenvalue weighted by Gasteiger charge is 2.48. The lowest BCUT2D eigenvalue weighted by Gasteiger charge is -2.54.